The molecule has 0 aliphatic carbocycles. The van der Waals surface area contributed by atoms with Gasteiger partial charge in [0.05, 0.1) is 0 Å². The number of halogens is 7. The molecule has 11 heteroatoms. The summed E-state index contributed by atoms with van der Waals surface area (Å²) in [7, 11) is 9.78. The van der Waals surface area contributed by atoms with Gasteiger partial charge in [-0.25, -0.2) is 22.0 Å². The van der Waals surface area contributed by atoms with Crippen molar-refractivity contribution in [2.45, 2.75) is 6.92 Å². The predicted molar refractivity (Wildman–Crippen MR) is 75.0 cm³/mol. The standard InChI is InChI=1S/C13H7F5N2O.2ClH.Ti/c1-5-3-2-4-6(13(5)21)19-20-12-10(17)8(15)7(14)9(16)11(12)18;;;/h2-4,21H,1H3;2*1H;/q;;;+2/p-2. The molecule has 2 aromatic rings. The van der Waals surface area contributed by atoms with Crippen molar-refractivity contribution in [2.75, 3.05) is 0 Å². The summed E-state index contributed by atoms with van der Waals surface area (Å²) in [5.41, 5.74) is -1.19. The van der Waals surface area contributed by atoms with E-state index in [0.29, 0.717) is 5.56 Å². The maximum atomic E-state index is 13.3. The van der Waals surface area contributed by atoms with E-state index in [-0.39, 0.29) is 11.4 Å². The van der Waals surface area contributed by atoms with E-state index in [9.17, 15) is 27.1 Å². The molecular weight excluding hydrogens is 414 g/mol. The van der Waals surface area contributed by atoms with Crippen molar-refractivity contribution < 1.29 is 44.1 Å². The monoisotopic (exact) mass is 420 g/mol. The normalized spacial score (nSPS) is 10.5. The minimum absolute atomic E-state index is 0.168. The molecule has 2 rings (SSSR count). The average Bonchev–Trinajstić information content (AvgIpc) is 2.55. The number of nitrogens with zero attached hydrogens (tertiary/aromatic N) is 2. The zero-order chi connectivity index (χ0) is 18.4. The summed E-state index contributed by atoms with van der Waals surface area (Å²) in [6.45, 7) is 1.53. The molecule has 0 aliphatic rings. The summed E-state index contributed by atoms with van der Waals surface area (Å²) in [4.78, 5) is 0. The Morgan fingerprint density at radius 2 is 1.33 bits per heavy atom. The van der Waals surface area contributed by atoms with Crippen LogP contribution in [0.4, 0.5) is 33.3 Å². The van der Waals surface area contributed by atoms with Crippen LogP contribution < -0.4 is 0 Å². The first kappa shape index (κ1) is 20.8. The summed E-state index contributed by atoms with van der Waals surface area (Å²) < 4.78 is 65.5. The number of hydrogen-bond acceptors (Lipinski definition) is 3. The van der Waals surface area contributed by atoms with Gasteiger partial charge in [-0.1, -0.05) is 12.1 Å². The molecule has 0 bridgehead atoms. The van der Waals surface area contributed by atoms with E-state index < -0.39 is 51.8 Å². The first-order valence-electron chi connectivity index (χ1n) is 5.94. The van der Waals surface area contributed by atoms with Gasteiger partial charge in [-0.05, 0) is 18.6 Å². The van der Waals surface area contributed by atoms with Crippen LogP contribution in [0.15, 0.2) is 28.4 Å². The fourth-order valence-electron chi connectivity index (χ4n) is 1.51. The van der Waals surface area contributed by atoms with E-state index in [4.69, 9.17) is 18.6 Å². The molecule has 3 nitrogen and oxygen atoms in total. The van der Waals surface area contributed by atoms with Crippen molar-refractivity contribution in [3.05, 3.63) is 52.8 Å². The van der Waals surface area contributed by atoms with Crippen LogP contribution in [-0.4, -0.2) is 5.11 Å². The second-order valence-corrected chi connectivity index (χ2v) is 6.71. The molecule has 0 saturated heterocycles. The van der Waals surface area contributed by atoms with Gasteiger partial charge in [-0.2, -0.15) is 0 Å². The van der Waals surface area contributed by atoms with Crippen LogP contribution in [0, 0.1) is 36.0 Å². The number of benzene rings is 2. The van der Waals surface area contributed by atoms with Gasteiger partial charge in [-0.3, -0.25) is 0 Å². The third-order valence-corrected chi connectivity index (χ3v) is 2.66. The van der Waals surface area contributed by atoms with Crippen LogP contribution in [-0.2, 0) is 17.0 Å². The quantitative estimate of drug-likeness (QED) is 0.203. The van der Waals surface area contributed by atoms with E-state index in [1.807, 2.05) is 0 Å². The van der Waals surface area contributed by atoms with Crippen LogP contribution in [0.5, 0.6) is 5.75 Å². The number of azo groups is 1. The number of aromatic hydroxyl groups is 1. The Kier molecular flexibility index (Phi) is 8.08. The average molecular weight is 421 g/mol. The van der Waals surface area contributed by atoms with E-state index in [2.05, 4.69) is 10.2 Å². The van der Waals surface area contributed by atoms with E-state index in [1.54, 1.807) is 0 Å². The Morgan fingerprint density at radius 3 is 1.83 bits per heavy atom. The van der Waals surface area contributed by atoms with Crippen molar-refractivity contribution in [1.29, 1.82) is 0 Å². The second-order valence-electron chi connectivity index (χ2n) is 4.13. The number of phenols is 1. The Hall–Kier alpha value is -1.22. The molecule has 0 aromatic heterocycles. The first-order valence-corrected chi connectivity index (χ1v) is 10.2. The van der Waals surface area contributed by atoms with Gasteiger partial charge in [0.1, 0.15) is 11.4 Å². The summed E-state index contributed by atoms with van der Waals surface area (Å²) in [5, 5.41) is 15.9. The Balaban J connectivity index is 0.000000891. The summed E-state index contributed by atoms with van der Waals surface area (Å²) >= 11 is -0.556. The molecule has 24 heavy (non-hydrogen) atoms. The van der Waals surface area contributed by atoms with E-state index in [1.165, 1.54) is 25.1 Å². The fourth-order valence-corrected chi connectivity index (χ4v) is 1.51. The molecule has 2 aromatic carbocycles. The van der Waals surface area contributed by atoms with Gasteiger partial charge in [0.25, 0.3) is 0 Å². The third kappa shape index (κ3) is 4.66. The Labute approximate surface area is 149 Å². The number of para-hydroxylation sites is 1. The first-order chi connectivity index (χ1) is 11.3. The molecule has 0 unspecified atom stereocenters. The summed E-state index contributed by atoms with van der Waals surface area (Å²) in [5.74, 6) is -11.0. The molecule has 0 atom stereocenters. The van der Waals surface area contributed by atoms with Crippen molar-refractivity contribution in [3.8, 4) is 5.75 Å². The van der Waals surface area contributed by atoms with Gasteiger partial charge in [0, 0.05) is 0 Å². The molecule has 0 aliphatic heterocycles. The SMILES string of the molecule is Cc1cccc(N=Nc2c(F)c(F)c(F)c(F)c2F)c1O.[Cl][Ti][Cl]. The van der Waals surface area contributed by atoms with Crippen LogP contribution in [0.2, 0.25) is 0 Å². The molecule has 0 fully saturated rings. The van der Waals surface area contributed by atoms with Gasteiger partial charge in [-0.15, -0.1) is 10.2 Å². The van der Waals surface area contributed by atoms with Crippen LogP contribution in [0.25, 0.3) is 0 Å². The Bertz CT molecular complexity index is 748. The topological polar surface area (TPSA) is 45.0 Å². The van der Waals surface area contributed by atoms with Gasteiger partial charge < -0.3 is 5.11 Å². The van der Waals surface area contributed by atoms with Crippen molar-refractivity contribution in [2.24, 2.45) is 10.2 Å². The van der Waals surface area contributed by atoms with Crippen molar-refractivity contribution >= 4 is 30.0 Å². The molecule has 0 radical (unpaired) electrons. The maximum absolute atomic E-state index is 13.3. The zero-order valence-electron chi connectivity index (χ0n) is 11.7. The third-order valence-electron chi connectivity index (χ3n) is 2.66. The molecule has 0 spiro atoms. The molecular formula is C13H7Cl2F5N2OTi. The zero-order valence-corrected chi connectivity index (χ0v) is 14.8. The number of phenolic OH excluding ortho intramolecular Hbond substituents is 1. The molecule has 1 N–H and O–H groups in total. The predicted octanol–water partition coefficient (Wildman–Crippen LogP) is 6.19. The van der Waals surface area contributed by atoms with Gasteiger partial charge >= 0.3 is 35.6 Å². The van der Waals surface area contributed by atoms with Crippen LogP contribution >= 0.6 is 18.6 Å². The van der Waals surface area contributed by atoms with Crippen molar-refractivity contribution in [3.63, 3.8) is 0 Å². The fraction of sp³-hybridized carbons (Fsp3) is 0.0769. The molecule has 0 saturated carbocycles. The summed E-state index contributed by atoms with van der Waals surface area (Å²) in [6, 6.07) is 4.27. The van der Waals surface area contributed by atoms with Crippen LogP contribution in [0.3, 0.4) is 0 Å². The second kappa shape index (κ2) is 9.32. The summed E-state index contributed by atoms with van der Waals surface area (Å²) in [6.07, 6.45) is 0. The number of rotatable bonds is 2. The Morgan fingerprint density at radius 1 is 0.875 bits per heavy atom. The number of hydrogen-bond donors (Lipinski definition) is 1. The molecule has 0 amide bonds. The van der Waals surface area contributed by atoms with E-state index >= 15 is 0 Å². The van der Waals surface area contributed by atoms with Gasteiger partial charge in [0.2, 0.25) is 5.82 Å². The van der Waals surface area contributed by atoms with E-state index in [0.717, 1.165) is 0 Å². The van der Waals surface area contributed by atoms with Crippen LogP contribution in [0.1, 0.15) is 5.56 Å². The number of aryl methyl sites for hydroxylation is 1. The molecule has 128 valence electrons. The van der Waals surface area contributed by atoms with Gasteiger partial charge in [0.15, 0.2) is 29.0 Å². The van der Waals surface area contributed by atoms with Crippen molar-refractivity contribution in [1.82, 2.24) is 0 Å². The minimum atomic E-state index is -2.28. The molecule has 0 heterocycles.